The Morgan fingerprint density at radius 3 is 1.46 bits per heavy atom. The van der Waals surface area contributed by atoms with Gasteiger partial charge in [-0.05, 0) is 146 Å². The van der Waals surface area contributed by atoms with Crippen LogP contribution in [0.2, 0.25) is 0 Å². The predicted molar refractivity (Wildman–Crippen MR) is 302 cm³/mol. The van der Waals surface area contributed by atoms with Gasteiger partial charge in [-0.2, -0.15) is 0 Å². The number of anilines is 5. The number of hydrogen-bond acceptors (Lipinski definition) is 2. The first kappa shape index (κ1) is 43.6. The Labute approximate surface area is 418 Å². The molecule has 340 valence electrons. The highest BCUT2D eigenvalue weighted by Crippen LogP contribution is 2.47. The molecule has 0 amide bonds. The van der Waals surface area contributed by atoms with Crippen LogP contribution in [0.5, 0.6) is 0 Å². The number of fused-ring (bicyclic) bond motifs is 2. The predicted octanol–water partition coefficient (Wildman–Crippen LogP) is 19.3. The minimum atomic E-state index is 0.156. The van der Waals surface area contributed by atoms with Gasteiger partial charge in [0.25, 0.3) is 0 Å². The first-order valence-corrected chi connectivity index (χ1v) is 25.0. The largest absolute Gasteiger partial charge is 0.334 e. The zero-order valence-corrected chi connectivity index (χ0v) is 39.9. The lowest BCUT2D eigenvalue weighted by Crippen LogP contribution is -2.25. The molecule has 0 N–H and O–H groups in total. The molecule has 0 heterocycles. The number of hydrogen-bond donors (Lipinski definition) is 0. The third-order valence-electron chi connectivity index (χ3n) is 14.5. The Morgan fingerprint density at radius 2 is 0.817 bits per heavy atom. The molecule has 0 fully saturated rings. The summed E-state index contributed by atoms with van der Waals surface area (Å²) in [5.41, 5.74) is 23.0. The van der Waals surface area contributed by atoms with Gasteiger partial charge in [0, 0.05) is 28.3 Å². The molecule has 71 heavy (non-hydrogen) atoms. The summed E-state index contributed by atoms with van der Waals surface area (Å²) < 4.78 is 0. The SMILES string of the molecule is CC1CC=Cc2c1cccc2N(c1ccc(-c2ccccc2)cc1)c1ccc(-c2ccc(-c3ccc(N(c4ccccc4)C4CC=Cc5ccccc54)cc3-c3ccccc3)cc2)c(-c2ccccc2)c1. The Balaban J connectivity index is 0.954. The molecular weight excluding hydrogens is 857 g/mol. The first-order chi connectivity index (χ1) is 35.1. The molecule has 12 rings (SSSR count). The molecule has 0 saturated carbocycles. The maximum Gasteiger partial charge on any atom is 0.0631 e. The molecule has 0 spiro atoms. The van der Waals surface area contributed by atoms with Crippen LogP contribution in [0.1, 0.15) is 54.0 Å². The molecule has 0 bridgehead atoms. The summed E-state index contributed by atoms with van der Waals surface area (Å²) >= 11 is 0. The van der Waals surface area contributed by atoms with Crippen molar-refractivity contribution in [3.63, 3.8) is 0 Å². The van der Waals surface area contributed by atoms with Gasteiger partial charge < -0.3 is 9.80 Å². The lowest BCUT2D eigenvalue weighted by Gasteiger charge is -2.36. The molecule has 10 aromatic carbocycles. The van der Waals surface area contributed by atoms with E-state index in [2.05, 4.69) is 290 Å². The fourth-order valence-electron chi connectivity index (χ4n) is 10.9. The minimum Gasteiger partial charge on any atom is -0.334 e. The Morgan fingerprint density at radius 1 is 0.338 bits per heavy atom. The van der Waals surface area contributed by atoms with Crippen LogP contribution in [-0.4, -0.2) is 0 Å². The van der Waals surface area contributed by atoms with E-state index in [1.807, 2.05) is 0 Å². The van der Waals surface area contributed by atoms with Crippen molar-refractivity contribution >= 4 is 40.6 Å². The second-order valence-electron chi connectivity index (χ2n) is 18.8. The standard InChI is InChI=1S/C69H54N2/c1-49-19-16-32-65-61(49)31-18-34-69(65)71(58-41-39-51(40-42-58)50-20-6-2-7-21-50)60-44-46-63(67(48-60)54-24-10-4-11-25-54)56-37-35-55(36-38-56)62-45-43-59(47-66(62)53-22-8-3-9-23-53)70(57-28-12-5-13-29-57)68-33-17-27-52-26-14-15-30-64(52)68/h2-18,20-32,34-49,68H,19,33H2,1H3. The number of benzene rings is 10. The second-order valence-corrected chi connectivity index (χ2v) is 18.8. The maximum atomic E-state index is 2.53. The van der Waals surface area contributed by atoms with Crippen molar-refractivity contribution in [1.82, 2.24) is 0 Å². The van der Waals surface area contributed by atoms with Gasteiger partial charge in [0.05, 0.1) is 11.7 Å². The average molecular weight is 911 g/mol. The number of allylic oxidation sites excluding steroid dienone is 1. The highest BCUT2D eigenvalue weighted by molar-refractivity contribution is 5.93. The smallest absolute Gasteiger partial charge is 0.0631 e. The summed E-state index contributed by atoms with van der Waals surface area (Å²) in [5.74, 6) is 0.450. The van der Waals surface area contributed by atoms with Crippen LogP contribution in [0.4, 0.5) is 28.4 Å². The molecule has 2 heteroatoms. The van der Waals surface area contributed by atoms with Crippen molar-refractivity contribution in [3.05, 3.63) is 283 Å². The van der Waals surface area contributed by atoms with Gasteiger partial charge in [-0.1, -0.05) is 225 Å². The van der Waals surface area contributed by atoms with E-state index in [4.69, 9.17) is 0 Å². The Hall–Kier alpha value is -8.72. The number of nitrogens with zero attached hydrogens (tertiary/aromatic N) is 2. The van der Waals surface area contributed by atoms with Crippen LogP contribution in [0, 0.1) is 0 Å². The average Bonchev–Trinajstić information content (AvgIpc) is 3.45. The highest BCUT2D eigenvalue weighted by atomic mass is 15.2. The third kappa shape index (κ3) is 8.60. The fourth-order valence-corrected chi connectivity index (χ4v) is 10.9. The lowest BCUT2D eigenvalue weighted by atomic mass is 9.87. The normalized spacial score (nSPS) is 14.6. The van der Waals surface area contributed by atoms with Crippen molar-refractivity contribution in [3.8, 4) is 55.6 Å². The third-order valence-corrected chi connectivity index (χ3v) is 14.5. The molecule has 2 atom stereocenters. The van der Waals surface area contributed by atoms with E-state index in [0.717, 1.165) is 24.2 Å². The van der Waals surface area contributed by atoms with Crippen molar-refractivity contribution in [2.45, 2.75) is 31.7 Å². The Kier molecular flexibility index (Phi) is 11.9. The van der Waals surface area contributed by atoms with E-state index in [-0.39, 0.29) is 6.04 Å². The summed E-state index contributed by atoms with van der Waals surface area (Å²) in [6.07, 6.45) is 11.2. The fraction of sp³-hybridized carbons (Fsp3) is 0.0725. The zero-order chi connectivity index (χ0) is 47.5. The van der Waals surface area contributed by atoms with Crippen LogP contribution >= 0.6 is 0 Å². The van der Waals surface area contributed by atoms with Crippen LogP contribution in [0.15, 0.2) is 261 Å². The highest BCUT2D eigenvalue weighted by Gasteiger charge is 2.27. The lowest BCUT2D eigenvalue weighted by molar-refractivity contribution is 0.702. The summed E-state index contributed by atoms with van der Waals surface area (Å²) in [4.78, 5) is 4.98. The minimum absolute atomic E-state index is 0.156. The van der Waals surface area contributed by atoms with E-state index in [0.29, 0.717) is 5.92 Å². The van der Waals surface area contributed by atoms with Crippen molar-refractivity contribution in [2.24, 2.45) is 0 Å². The molecule has 2 aliphatic carbocycles. The summed E-state index contributed by atoms with van der Waals surface area (Å²) in [5, 5.41) is 0. The monoisotopic (exact) mass is 910 g/mol. The van der Waals surface area contributed by atoms with Gasteiger partial charge in [0.1, 0.15) is 0 Å². The summed E-state index contributed by atoms with van der Waals surface area (Å²) in [7, 11) is 0. The van der Waals surface area contributed by atoms with Gasteiger partial charge >= 0.3 is 0 Å². The molecule has 10 aromatic rings. The van der Waals surface area contributed by atoms with E-state index < -0.39 is 0 Å². The summed E-state index contributed by atoms with van der Waals surface area (Å²) in [6, 6.07) is 91.4. The number of rotatable bonds is 11. The molecule has 0 aromatic heterocycles. The van der Waals surface area contributed by atoms with E-state index >= 15 is 0 Å². The molecule has 2 aliphatic rings. The van der Waals surface area contributed by atoms with Crippen LogP contribution in [-0.2, 0) is 0 Å². The van der Waals surface area contributed by atoms with Gasteiger partial charge in [-0.3, -0.25) is 0 Å². The van der Waals surface area contributed by atoms with Crippen molar-refractivity contribution < 1.29 is 0 Å². The quantitative estimate of drug-likeness (QED) is 0.128. The van der Waals surface area contributed by atoms with Crippen molar-refractivity contribution in [2.75, 3.05) is 9.80 Å². The summed E-state index contributed by atoms with van der Waals surface area (Å²) in [6.45, 7) is 2.34. The van der Waals surface area contributed by atoms with Gasteiger partial charge in [0.15, 0.2) is 0 Å². The topological polar surface area (TPSA) is 6.48 Å². The molecule has 2 unspecified atom stereocenters. The van der Waals surface area contributed by atoms with Crippen LogP contribution in [0.3, 0.4) is 0 Å². The molecule has 0 radical (unpaired) electrons. The molecule has 2 nitrogen and oxygen atoms in total. The van der Waals surface area contributed by atoms with Crippen LogP contribution in [0.25, 0.3) is 67.8 Å². The molecular formula is C69H54N2. The number of para-hydroxylation sites is 1. The maximum absolute atomic E-state index is 2.53. The van der Waals surface area contributed by atoms with Gasteiger partial charge in [-0.25, -0.2) is 0 Å². The van der Waals surface area contributed by atoms with E-state index in [9.17, 15) is 0 Å². The van der Waals surface area contributed by atoms with Crippen LogP contribution < -0.4 is 9.80 Å². The zero-order valence-electron chi connectivity index (χ0n) is 39.9. The van der Waals surface area contributed by atoms with E-state index in [1.54, 1.807) is 0 Å². The first-order valence-electron chi connectivity index (χ1n) is 25.0. The van der Waals surface area contributed by atoms with E-state index in [1.165, 1.54) is 95.0 Å². The molecule has 0 aliphatic heterocycles. The van der Waals surface area contributed by atoms with Gasteiger partial charge in [-0.15, -0.1) is 0 Å². The molecule has 0 saturated heterocycles. The second kappa shape index (κ2) is 19.3. The Bertz CT molecular complexity index is 3520. The van der Waals surface area contributed by atoms with Gasteiger partial charge in [0.2, 0.25) is 0 Å². The van der Waals surface area contributed by atoms with Crippen molar-refractivity contribution in [1.29, 1.82) is 0 Å².